The van der Waals surface area contributed by atoms with Gasteiger partial charge in [-0.05, 0) is 54.3 Å². The average molecular weight is 361 g/mol. The van der Waals surface area contributed by atoms with E-state index in [2.05, 4.69) is 19.1 Å². The Kier molecular flexibility index (Phi) is 8.86. The molecule has 0 atom stereocenters. The highest BCUT2D eigenvalue weighted by Gasteiger charge is 2.01. The number of nitrogens with zero attached hydrogens (tertiary/aromatic N) is 1. The standard InChI is InChI=1S/C24H27NO2/c1-2-3-4-5-6-7-8-20-9-11-21(12-10-20)15-18-24(26)27-23-16-13-22(19-25)14-17-23/h9-18H,2-8H2,1H3/b18-15+. The van der Waals surface area contributed by atoms with Crippen LogP contribution >= 0.6 is 0 Å². The summed E-state index contributed by atoms with van der Waals surface area (Å²) in [7, 11) is 0. The summed E-state index contributed by atoms with van der Waals surface area (Å²) in [5.74, 6) is -0.00574. The van der Waals surface area contributed by atoms with Crippen LogP contribution in [0.25, 0.3) is 6.08 Å². The van der Waals surface area contributed by atoms with Gasteiger partial charge in [-0.1, -0.05) is 63.3 Å². The van der Waals surface area contributed by atoms with E-state index in [1.807, 2.05) is 18.2 Å². The van der Waals surface area contributed by atoms with Gasteiger partial charge in [0.05, 0.1) is 11.6 Å². The molecule has 0 amide bonds. The lowest BCUT2D eigenvalue weighted by Gasteiger charge is -2.03. The maximum absolute atomic E-state index is 11.9. The van der Waals surface area contributed by atoms with Crippen molar-refractivity contribution in [1.82, 2.24) is 0 Å². The zero-order valence-electron chi connectivity index (χ0n) is 16.0. The molecule has 3 nitrogen and oxygen atoms in total. The van der Waals surface area contributed by atoms with Crippen LogP contribution in [0.2, 0.25) is 0 Å². The van der Waals surface area contributed by atoms with E-state index in [0.29, 0.717) is 11.3 Å². The Morgan fingerprint density at radius 3 is 2.30 bits per heavy atom. The number of unbranched alkanes of at least 4 members (excludes halogenated alkanes) is 5. The molecule has 0 spiro atoms. The van der Waals surface area contributed by atoms with Crippen molar-refractivity contribution < 1.29 is 9.53 Å². The molecule has 0 aromatic heterocycles. The highest BCUT2D eigenvalue weighted by molar-refractivity contribution is 5.88. The van der Waals surface area contributed by atoms with Gasteiger partial charge in [-0.2, -0.15) is 5.26 Å². The topological polar surface area (TPSA) is 50.1 Å². The van der Waals surface area contributed by atoms with Gasteiger partial charge in [0.25, 0.3) is 0 Å². The van der Waals surface area contributed by atoms with Crippen LogP contribution in [-0.2, 0) is 11.2 Å². The van der Waals surface area contributed by atoms with Gasteiger partial charge in [0.1, 0.15) is 5.75 Å². The lowest BCUT2D eigenvalue weighted by molar-refractivity contribution is -0.128. The molecule has 0 fully saturated rings. The number of benzene rings is 2. The zero-order valence-corrected chi connectivity index (χ0v) is 16.0. The second-order valence-electron chi connectivity index (χ2n) is 6.65. The molecule has 2 aromatic rings. The van der Waals surface area contributed by atoms with Gasteiger partial charge in [-0.3, -0.25) is 0 Å². The van der Waals surface area contributed by atoms with Crippen molar-refractivity contribution in [2.45, 2.75) is 51.9 Å². The molecular weight excluding hydrogens is 334 g/mol. The number of hydrogen-bond donors (Lipinski definition) is 0. The molecule has 140 valence electrons. The van der Waals surface area contributed by atoms with Crippen molar-refractivity contribution in [3.05, 3.63) is 71.3 Å². The van der Waals surface area contributed by atoms with E-state index in [4.69, 9.17) is 10.00 Å². The molecule has 0 radical (unpaired) electrons. The Morgan fingerprint density at radius 2 is 1.63 bits per heavy atom. The minimum atomic E-state index is -0.434. The average Bonchev–Trinajstić information content (AvgIpc) is 2.70. The first-order valence-corrected chi connectivity index (χ1v) is 9.70. The molecule has 2 rings (SSSR count). The van der Waals surface area contributed by atoms with Gasteiger partial charge in [0.2, 0.25) is 0 Å². The quantitative estimate of drug-likeness (QED) is 0.223. The van der Waals surface area contributed by atoms with E-state index in [0.717, 1.165) is 12.0 Å². The summed E-state index contributed by atoms with van der Waals surface area (Å²) >= 11 is 0. The minimum absolute atomic E-state index is 0.429. The third-order valence-corrected chi connectivity index (χ3v) is 4.41. The van der Waals surface area contributed by atoms with E-state index in [1.54, 1.807) is 30.3 Å². The molecule has 0 bridgehead atoms. The normalized spacial score (nSPS) is 10.7. The molecule has 0 heterocycles. The lowest BCUT2D eigenvalue weighted by Crippen LogP contribution is -2.03. The van der Waals surface area contributed by atoms with Gasteiger partial charge in [0, 0.05) is 6.08 Å². The fourth-order valence-electron chi connectivity index (χ4n) is 2.82. The SMILES string of the molecule is CCCCCCCCc1ccc(/C=C/C(=O)Oc2ccc(C#N)cc2)cc1. The van der Waals surface area contributed by atoms with Gasteiger partial charge >= 0.3 is 5.97 Å². The maximum Gasteiger partial charge on any atom is 0.336 e. The predicted molar refractivity (Wildman–Crippen MR) is 109 cm³/mol. The van der Waals surface area contributed by atoms with Gasteiger partial charge in [0.15, 0.2) is 0 Å². The van der Waals surface area contributed by atoms with Gasteiger partial charge in [-0.25, -0.2) is 4.79 Å². The molecule has 0 saturated heterocycles. The van der Waals surface area contributed by atoms with Crippen LogP contribution in [0.5, 0.6) is 5.75 Å². The van der Waals surface area contributed by atoms with Crippen LogP contribution in [0.1, 0.15) is 62.1 Å². The predicted octanol–water partition coefficient (Wildman–Crippen LogP) is 6.08. The number of carbonyl (C=O) groups is 1. The summed E-state index contributed by atoms with van der Waals surface area (Å²) in [6.45, 7) is 2.24. The number of ether oxygens (including phenoxy) is 1. The number of nitriles is 1. The first-order valence-electron chi connectivity index (χ1n) is 9.70. The molecule has 0 unspecified atom stereocenters. The number of hydrogen-bond acceptors (Lipinski definition) is 3. The second-order valence-corrected chi connectivity index (χ2v) is 6.65. The Bertz CT molecular complexity index is 768. The Balaban J connectivity index is 1.75. The summed E-state index contributed by atoms with van der Waals surface area (Å²) in [6.07, 6.45) is 12.1. The Labute approximate surface area is 162 Å². The Hall–Kier alpha value is -2.86. The van der Waals surface area contributed by atoms with Crippen LogP contribution in [0, 0.1) is 11.3 Å². The molecule has 27 heavy (non-hydrogen) atoms. The molecule has 0 aliphatic carbocycles. The van der Waals surface area contributed by atoms with Crippen molar-refractivity contribution in [2.75, 3.05) is 0 Å². The van der Waals surface area contributed by atoms with Crippen molar-refractivity contribution in [2.24, 2.45) is 0 Å². The summed E-state index contributed by atoms with van der Waals surface area (Å²) < 4.78 is 5.22. The minimum Gasteiger partial charge on any atom is -0.423 e. The largest absolute Gasteiger partial charge is 0.423 e. The number of carbonyl (C=O) groups excluding carboxylic acids is 1. The van der Waals surface area contributed by atoms with Gasteiger partial charge in [-0.15, -0.1) is 0 Å². The van der Waals surface area contributed by atoms with E-state index in [1.165, 1.54) is 50.2 Å². The summed E-state index contributed by atoms with van der Waals surface area (Å²) in [5.41, 5.74) is 2.84. The fraction of sp³-hybridized carbons (Fsp3) is 0.333. The molecule has 0 N–H and O–H groups in total. The van der Waals surface area contributed by atoms with Crippen LogP contribution in [0.4, 0.5) is 0 Å². The summed E-state index contributed by atoms with van der Waals surface area (Å²) in [6, 6.07) is 16.8. The molecule has 2 aromatic carbocycles. The smallest absolute Gasteiger partial charge is 0.336 e. The molecule has 3 heteroatoms. The van der Waals surface area contributed by atoms with Crippen molar-refractivity contribution >= 4 is 12.0 Å². The van der Waals surface area contributed by atoms with Crippen molar-refractivity contribution in [3.63, 3.8) is 0 Å². The van der Waals surface area contributed by atoms with Crippen molar-refractivity contribution in [1.29, 1.82) is 5.26 Å². The van der Waals surface area contributed by atoms with Gasteiger partial charge < -0.3 is 4.74 Å². The summed E-state index contributed by atoms with van der Waals surface area (Å²) in [4.78, 5) is 11.9. The number of rotatable bonds is 10. The van der Waals surface area contributed by atoms with Crippen LogP contribution in [0.3, 0.4) is 0 Å². The second kappa shape index (κ2) is 11.7. The van der Waals surface area contributed by atoms with Crippen LogP contribution in [-0.4, -0.2) is 5.97 Å². The maximum atomic E-state index is 11.9. The Morgan fingerprint density at radius 1 is 0.963 bits per heavy atom. The number of esters is 1. The van der Waals surface area contributed by atoms with Crippen LogP contribution < -0.4 is 4.74 Å². The van der Waals surface area contributed by atoms with Crippen LogP contribution in [0.15, 0.2) is 54.6 Å². The first kappa shape index (κ1) is 20.5. The number of aryl methyl sites for hydroxylation is 1. The van der Waals surface area contributed by atoms with Crippen molar-refractivity contribution in [3.8, 4) is 11.8 Å². The highest BCUT2D eigenvalue weighted by atomic mass is 16.5. The third kappa shape index (κ3) is 7.92. The lowest BCUT2D eigenvalue weighted by atomic mass is 10.0. The van der Waals surface area contributed by atoms with E-state index in [9.17, 15) is 4.79 Å². The molecular formula is C24H27NO2. The first-order chi connectivity index (χ1) is 13.2. The fourth-order valence-corrected chi connectivity index (χ4v) is 2.82. The molecule has 0 saturated carbocycles. The highest BCUT2D eigenvalue weighted by Crippen LogP contribution is 2.14. The zero-order chi connectivity index (χ0) is 19.3. The third-order valence-electron chi connectivity index (χ3n) is 4.41. The summed E-state index contributed by atoms with van der Waals surface area (Å²) in [5, 5.41) is 8.76. The van der Waals surface area contributed by atoms with E-state index >= 15 is 0 Å². The molecule has 0 aliphatic rings. The molecule has 0 aliphatic heterocycles. The van der Waals surface area contributed by atoms with E-state index < -0.39 is 5.97 Å². The monoisotopic (exact) mass is 361 g/mol. The van der Waals surface area contributed by atoms with E-state index in [-0.39, 0.29) is 0 Å².